The van der Waals surface area contributed by atoms with Crippen molar-refractivity contribution in [2.24, 2.45) is 5.73 Å². The summed E-state index contributed by atoms with van der Waals surface area (Å²) in [6, 6.07) is 1.01. The molecule has 1 saturated heterocycles. The van der Waals surface area contributed by atoms with Crippen LogP contribution in [0.1, 0.15) is 33.1 Å². The number of hydrazine groups is 1. The molecule has 1 heterocycles. The second kappa shape index (κ2) is 4.58. The summed E-state index contributed by atoms with van der Waals surface area (Å²) in [5.41, 5.74) is 8.15. The van der Waals surface area contributed by atoms with Crippen LogP contribution in [0.15, 0.2) is 0 Å². The molecule has 3 N–H and O–H groups in total. The normalized spacial score (nSPS) is 30.3. The molecule has 0 bridgehead atoms. The van der Waals surface area contributed by atoms with Crippen molar-refractivity contribution < 1.29 is 4.79 Å². The van der Waals surface area contributed by atoms with Crippen molar-refractivity contribution in [3.8, 4) is 0 Å². The first-order chi connectivity index (χ1) is 6.11. The van der Waals surface area contributed by atoms with E-state index in [2.05, 4.69) is 24.3 Å². The Labute approximate surface area is 79.4 Å². The van der Waals surface area contributed by atoms with Gasteiger partial charge < -0.3 is 5.73 Å². The zero-order valence-corrected chi connectivity index (χ0v) is 8.42. The lowest BCUT2D eigenvalue weighted by atomic mass is 10.00. The maximum Gasteiger partial charge on any atom is 0.232 e. The maximum atomic E-state index is 10.6. The summed E-state index contributed by atoms with van der Waals surface area (Å²) in [5, 5.41) is 2.15. The van der Waals surface area contributed by atoms with Crippen molar-refractivity contribution in [1.82, 2.24) is 10.4 Å². The van der Waals surface area contributed by atoms with E-state index in [9.17, 15) is 4.79 Å². The molecule has 0 aromatic carbocycles. The molecular formula is C9H19N3O. The SMILES string of the molecule is CC1CCCC(C)N1NCC(N)=O. The third kappa shape index (κ3) is 2.97. The van der Waals surface area contributed by atoms with Gasteiger partial charge in [-0.25, -0.2) is 10.4 Å². The monoisotopic (exact) mass is 185 g/mol. The lowest BCUT2D eigenvalue weighted by Gasteiger charge is -2.38. The molecular weight excluding hydrogens is 166 g/mol. The zero-order valence-electron chi connectivity index (χ0n) is 8.42. The van der Waals surface area contributed by atoms with Gasteiger partial charge in [0.1, 0.15) is 0 Å². The Morgan fingerprint density at radius 3 is 2.46 bits per heavy atom. The van der Waals surface area contributed by atoms with Gasteiger partial charge in [-0.1, -0.05) is 6.42 Å². The first-order valence-corrected chi connectivity index (χ1v) is 4.91. The highest BCUT2D eigenvalue weighted by atomic mass is 16.1. The van der Waals surface area contributed by atoms with Crippen LogP contribution in [0, 0.1) is 0 Å². The third-order valence-corrected chi connectivity index (χ3v) is 2.63. The fourth-order valence-electron chi connectivity index (χ4n) is 1.90. The predicted molar refractivity (Wildman–Crippen MR) is 51.8 cm³/mol. The van der Waals surface area contributed by atoms with Crippen LogP contribution in [0.3, 0.4) is 0 Å². The molecule has 1 amide bonds. The number of nitrogens with two attached hydrogens (primary N) is 1. The van der Waals surface area contributed by atoms with Crippen molar-refractivity contribution in [2.75, 3.05) is 6.54 Å². The van der Waals surface area contributed by atoms with Gasteiger partial charge in [-0.15, -0.1) is 0 Å². The van der Waals surface area contributed by atoms with E-state index in [0.29, 0.717) is 12.1 Å². The molecule has 4 nitrogen and oxygen atoms in total. The Balaban J connectivity index is 2.39. The molecule has 1 aliphatic heterocycles. The van der Waals surface area contributed by atoms with Crippen LogP contribution in [-0.2, 0) is 4.79 Å². The van der Waals surface area contributed by atoms with E-state index in [4.69, 9.17) is 5.73 Å². The molecule has 1 rings (SSSR count). The van der Waals surface area contributed by atoms with E-state index in [1.54, 1.807) is 0 Å². The molecule has 0 aliphatic carbocycles. The quantitative estimate of drug-likeness (QED) is 0.662. The van der Waals surface area contributed by atoms with Gasteiger partial charge in [0, 0.05) is 12.1 Å². The second-order valence-corrected chi connectivity index (χ2v) is 3.84. The average Bonchev–Trinajstić information content (AvgIpc) is 2.03. The molecule has 2 atom stereocenters. The summed E-state index contributed by atoms with van der Waals surface area (Å²) >= 11 is 0. The summed E-state index contributed by atoms with van der Waals surface area (Å²) in [6.07, 6.45) is 3.66. The van der Waals surface area contributed by atoms with E-state index in [1.165, 1.54) is 19.3 Å². The summed E-state index contributed by atoms with van der Waals surface area (Å²) in [4.78, 5) is 10.6. The van der Waals surface area contributed by atoms with Crippen molar-refractivity contribution in [3.05, 3.63) is 0 Å². The number of hydrogen-bond donors (Lipinski definition) is 2. The van der Waals surface area contributed by atoms with Gasteiger partial charge in [0.2, 0.25) is 5.91 Å². The minimum atomic E-state index is -0.301. The van der Waals surface area contributed by atoms with E-state index >= 15 is 0 Å². The van der Waals surface area contributed by atoms with E-state index in [0.717, 1.165) is 0 Å². The Morgan fingerprint density at radius 1 is 1.46 bits per heavy atom. The van der Waals surface area contributed by atoms with E-state index in [-0.39, 0.29) is 12.5 Å². The fourth-order valence-corrected chi connectivity index (χ4v) is 1.90. The number of nitrogens with one attached hydrogen (secondary N) is 1. The number of nitrogens with zero attached hydrogens (tertiary/aromatic N) is 1. The van der Waals surface area contributed by atoms with Gasteiger partial charge in [-0.2, -0.15) is 0 Å². The second-order valence-electron chi connectivity index (χ2n) is 3.84. The number of hydrogen-bond acceptors (Lipinski definition) is 3. The summed E-state index contributed by atoms with van der Waals surface area (Å²) < 4.78 is 0. The smallest absolute Gasteiger partial charge is 0.232 e. The zero-order chi connectivity index (χ0) is 9.84. The Kier molecular flexibility index (Phi) is 3.69. The lowest BCUT2D eigenvalue weighted by molar-refractivity contribution is -0.118. The standard InChI is InChI=1S/C9H19N3O/c1-7-4-3-5-8(2)12(7)11-6-9(10)13/h7-8,11H,3-6H2,1-2H3,(H2,10,13). The minimum absolute atomic E-state index is 0.245. The van der Waals surface area contributed by atoms with Crippen LogP contribution in [0.5, 0.6) is 0 Å². The van der Waals surface area contributed by atoms with E-state index in [1.807, 2.05) is 0 Å². The molecule has 4 heteroatoms. The molecule has 0 saturated carbocycles. The van der Waals surface area contributed by atoms with Gasteiger partial charge in [-0.3, -0.25) is 4.79 Å². The predicted octanol–water partition coefficient (Wildman–Crippen LogP) is 0.239. The molecule has 0 radical (unpaired) electrons. The lowest BCUT2D eigenvalue weighted by Crippen LogP contribution is -2.53. The van der Waals surface area contributed by atoms with E-state index < -0.39 is 0 Å². The number of rotatable bonds is 3. The Hall–Kier alpha value is -0.610. The van der Waals surface area contributed by atoms with Crippen LogP contribution in [0.4, 0.5) is 0 Å². The number of piperidine rings is 1. The average molecular weight is 185 g/mol. The molecule has 0 aromatic rings. The number of primary amides is 1. The van der Waals surface area contributed by atoms with Crippen molar-refractivity contribution in [1.29, 1.82) is 0 Å². The molecule has 76 valence electrons. The molecule has 0 aromatic heterocycles. The first-order valence-electron chi connectivity index (χ1n) is 4.91. The topological polar surface area (TPSA) is 58.4 Å². The van der Waals surface area contributed by atoms with Crippen LogP contribution < -0.4 is 11.2 Å². The highest BCUT2D eigenvalue weighted by Gasteiger charge is 2.24. The van der Waals surface area contributed by atoms with Crippen molar-refractivity contribution in [3.63, 3.8) is 0 Å². The Morgan fingerprint density at radius 2 is 2.00 bits per heavy atom. The van der Waals surface area contributed by atoms with Crippen LogP contribution in [0.25, 0.3) is 0 Å². The number of carbonyl (C=O) groups is 1. The van der Waals surface area contributed by atoms with Crippen LogP contribution in [0.2, 0.25) is 0 Å². The molecule has 0 spiro atoms. The van der Waals surface area contributed by atoms with Gasteiger partial charge in [0.15, 0.2) is 0 Å². The van der Waals surface area contributed by atoms with Gasteiger partial charge in [0.25, 0.3) is 0 Å². The molecule has 13 heavy (non-hydrogen) atoms. The fraction of sp³-hybridized carbons (Fsp3) is 0.889. The summed E-state index contributed by atoms with van der Waals surface area (Å²) in [7, 11) is 0. The number of amides is 1. The molecule has 1 fully saturated rings. The maximum absolute atomic E-state index is 10.6. The van der Waals surface area contributed by atoms with Crippen LogP contribution in [-0.4, -0.2) is 29.5 Å². The van der Waals surface area contributed by atoms with Crippen molar-refractivity contribution >= 4 is 5.91 Å². The van der Waals surface area contributed by atoms with Gasteiger partial charge in [-0.05, 0) is 26.7 Å². The highest BCUT2D eigenvalue weighted by molar-refractivity contribution is 5.75. The summed E-state index contributed by atoms with van der Waals surface area (Å²) in [5.74, 6) is -0.301. The largest absolute Gasteiger partial charge is 0.369 e. The summed E-state index contributed by atoms with van der Waals surface area (Å²) in [6.45, 7) is 4.59. The highest BCUT2D eigenvalue weighted by Crippen LogP contribution is 2.19. The Bertz CT molecular complexity index is 174. The minimum Gasteiger partial charge on any atom is -0.369 e. The van der Waals surface area contributed by atoms with Crippen molar-refractivity contribution in [2.45, 2.75) is 45.2 Å². The molecule has 2 unspecified atom stereocenters. The van der Waals surface area contributed by atoms with Gasteiger partial charge >= 0.3 is 0 Å². The van der Waals surface area contributed by atoms with Crippen LogP contribution >= 0.6 is 0 Å². The first kappa shape index (κ1) is 10.5. The molecule has 1 aliphatic rings. The number of carbonyl (C=O) groups excluding carboxylic acids is 1. The van der Waals surface area contributed by atoms with Gasteiger partial charge in [0.05, 0.1) is 6.54 Å². The third-order valence-electron chi connectivity index (χ3n) is 2.63.